The topological polar surface area (TPSA) is 114 Å². The molecule has 0 aliphatic heterocycles. The fraction of sp³-hybridized carbons (Fsp3) is 0.940. The van der Waals surface area contributed by atoms with E-state index in [9.17, 15) is 19.0 Å². The number of nitrogens with zero attached hydrogens (tertiary/aromatic N) is 1. The highest BCUT2D eigenvalue weighted by molar-refractivity contribution is 7.45. The van der Waals surface area contributed by atoms with Crippen LogP contribution >= 0.6 is 7.82 Å². The lowest BCUT2D eigenvalue weighted by molar-refractivity contribution is -0.870. The van der Waals surface area contributed by atoms with Crippen LogP contribution in [0, 0.1) is 0 Å². The zero-order chi connectivity index (χ0) is 56.4. The van der Waals surface area contributed by atoms with Gasteiger partial charge in [-0.15, -0.1) is 0 Å². The minimum absolute atomic E-state index is 0.0167. The third-order valence-electron chi connectivity index (χ3n) is 15.7. The molecular formula is C67H133N2O7P. The number of allylic oxidation sites excluding steroid dienone is 1. The summed E-state index contributed by atoms with van der Waals surface area (Å²) in [4.78, 5) is 40.0. The molecule has 0 heterocycles. The number of phosphoric ester groups is 1. The highest BCUT2D eigenvalue weighted by Gasteiger charge is 2.27. The molecule has 458 valence electrons. The smallest absolute Gasteiger partial charge is 0.306 e. The number of amides is 1. The van der Waals surface area contributed by atoms with Gasteiger partial charge in [0.15, 0.2) is 0 Å². The summed E-state index contributed by atoms with van der Waals surface area (Å²) in [5.41, 5.74) is 0. The van der Waals surface area contributed by atoms with E-state index in [1.54, 1.807) is 0 Å². The molecule has 0 aliphatic carbocycles. The Bertz CT molecular complexity index is 1320. The molecule has 3 unspecified atom stereocenters. The number of ether oxygens (including phenoxy) is 1. The van der Waals surface area contributed by atoms with Crippen LogP contribution in [0.3, 0.4) is 0 Å². The summed E-state index contributed by atoms with van der Waals surface area (Å²) in [6, 6.07) is -0.879. The summed E-state index contributed by atoms with van der Waals surface area (Å²) in [7, 11) is 1.21. The fourth-order valence-electron chi connectivity index (χ4n) is 10.5. The second-order valence-electron chi connectivity index (χ2n) is 24.7. The third kappa shape index (κ3) is 59.2. The molecule has 0 bridgehead atoms. The van der Waals surface area contributed by atoms with Gasteiger partial charge in [-0.05, 0) is 31.8 Å². The number of hydrogen-bond donors (Lipinski definition) is 1. The average Bonchev–Trinajstić information content (AvgIpc) is 3.39. The van der Waals surface area contributed by atoms with Gasteiger partial charge in [0, 0.05) is 12.8 Å². The third-order valence-corrected chi connectivity index (χ3v) is 16.7. The van der Waals surface area contributed by atoms with E-state index in [-0.39, 0.29) is 31.5 Å². The number of esters is 1. The van der Waals surface area contributed by atoms with Crippen molar-refractivity contribution in [2.24, 2.45) is 0 Å². The van der Waals surface area contributed by atoms with E-state index in [4.69, 9.17) is 13.8 Å². The first-order chi connectivity index (χ1) is 37.4. The van der Waals surface area contributed by atoms with E-state index in [1.807, 2.05) is 33.3 Å². The van der Waals surface area contributed by atoms with Crippen molar-refractivity contribution in [2.45, 2.75) is 367 Å². The van der Waals surface area contributed by atoms with Gasteiger partial charge < -0.3 is 28.5 Å². The normalized spacial score (nSPS) is 13.6. The minimum atomic E-state index is -4.69. The van der Waals surface area contributed by atoms with Gasteiger partial charge in [0.2, 0.25) is 5.91 Å². The van der Waals surface area contributed by atoms with Crippen LogP contribution in [0.4, 0.5) is 0 Å². The summed E-state index contributed by atoms with van der Waals surface area (Å²) in [6.45, 7) is 6.90. The zero-order valence-electron chi connectivity index (χ0n) is 52.5. The number of hydrogen-bond acceptors (Lipinski definition) is 7. The first-order valence-electron chi connectivity index (χ1n) is 34.0. The number of unbranched alkanes of at least 4 members (excludes halogenated alkanes) is 47. The van der Waals surface area contributed by atoms with Gasteiger partial charge in [-0.1, -0.05) is 322 Å². The second-order valence-corrected chi connectivity index (χ2v) is 26.1. The molecule has 77 heavy (non-hydrogen) atoms. The molecule has 0 aromatic heterocycles. The van der Waals surface area contributed by atoms with E-state index in [2.05, 4.69) is 26.1 Å². The van der Waals surface area contributed by atoms with E-state index < -0.39 is 20.0 Å². The van der Waals surface area contributed by atoms with Gasteiger partial charge in [0.05, 0.1) is 33.8 Å². The van der Waals surface area contributed by atoms with E-state index in [0.29, 0.717) is 17.4 Å². The molecule has 0 fully saturated rings. The quantitative estimate of drug-likeness (QED) is 0.0212. The van der Waals surface area contributed by atoms with Crippen LogP contribution < -0.4 is 10.2 Å². The van der Waals surface area contributed by atoms with Crippen LogP contribution in [-0.2, 0) is 27.9 Å². The van der Waals surface area contributed by atoms with Crippen molar-refractivity contribution in [2.75, 3.05) is 40.9 Å². The van der Waals surface area contributed by atoms with Crippen molar-refractivity contribution in [3.63, 3.8) is 0 Å². The van der Waals surface area contributed by atoms with E-state index >= 15 is 0 Å². The fourth-order valence-corrected chi connectivity index (χ4v) is 11.2. The Balaban J connectivity index is 4.97. The lowest BCUT2D eigenvalue weighted by atomic mass is 10.0. The van der Waals surface area contributed by atoms with Gasteiger partial charge in [-0.2, -0.15) is 0 Å². The van der Waals surface area contributed by atoms with Crippen LogP contribution in [0.5, 0.6) is 0 Å². The van der Waals surface area contributed by atoms with Crippen molar-refractivity contribution < 1.29 is 37.3 Å². The van der Waals surface area contributed by atoms with Gasteiger partial charge >= 0.3 is 5.97 Å². The molecule has 1 N–H and O–H groups in total. The Kier molecular flexibility index (Phi) is 57.0. The molecule has 1 amide bonds. The number of quaternary nitrogens is 1. The summed E-state index contributed by atoms with van der Waals surface area (Å²) in [5, 5.41) is 3.04. The Morgan fingerprint density at radius 2 is 0.740 bits per heavy atom. The molecule has 0 aromatic rings. The predicted molar refractivity (Wildman–Crippen MR) is 330 cm³/mol. The number of likely N-dealkylation sites (N-methyl/N-ethyl adjacent to an activating group) is 1. The maximum atomic E-state index is 13.5. The first-order valence-corrected chi connectivity index (χ1v) is 35.5. The predicted octanol–water partition coefficient (Wildman–Crippen LogP) is 20.5. The van der Waals surface area contributed by atoms with Gasteiger partial charge in [0.25, 0.3) is 7.82 Å². The van der Waals surface area contributed by atoms with Crippen LogP contribution in [0.25, 0.3) is 0 Å². The Morgan fingerprint density at radius 1 is 0.442 bits per heavy atom. The number of phosphoric acid groups is 1. The maximum absolute atomic E-state index is 13.5. The summed E-state index contributed by atoms with van der Waals surface area (Å²) >= 11 is 0. The van der Waals surface area contributed by atoms with Crippen molar-refractivity contribution >= 4 is 19.7 Å². The largest absolute Gasteiger partial charge is 0.756 e. The Morgan fingerprint density at radius 3 is 1.06 bits per heavy atom. The standard InChI is InChI=1S/C67H133N2O7P/c1-7-10-13-16-19-22-25-27-29-30-31-32-33-34-35-36-37-38-40-42-45-48-51-54-57-60-67(71)76-65(58-55-52-49-46-43-24-21-18-15-12-9-3)64(63-75-77(72,73)74-62-61-69(4,5)6)68-66(70)59-56-53-50-47-44-41-39-28-26-23-20-17-14-11-8-2/h55,58,64-65H,7-54,56-57,59-63H2,1-6H3,(H-,68,70,72,73)/b58-55-. The van der Waals surface area contributed by atoms with E-state index in [1.165, 1.54) is 263 Å². The van der Waals surface area contributed by atoms with E-state index in [0.717, 1.165) is 57.8 Å². The van der Waals surface area contributed by atoms with Crippen molar-refractivity contribution in [3.8, 4) is 0 Å². The molecule has 0 saturated carbocycles. The lowest BCUT2D eigenvalue weighted by Gasteiger charge is -2.30. The summed E-state index contributed by atoms with van der Waals surface area (Å²) < 4.78 is 30.4. The van der Waals surface area contributed by atoms with Crippen molar-refractivity contribution in [1.29, 1.82) is 0 Å². The van der Waals surface area contributed by atoms with Crippen LogP contribution in [0.1, 0.15) is 355 Å². The Hall–Kier alpha value is -1.25. The number of carbonyl (C=O) groups is 2. The molecule has 3 atom stereocenters. The number of nitrogens with one attached hydrogen (secondary N) is 1. The molecule has 0 spiro atoms. The monoisotopic (exact) mass is 1110 g/mol. The summed E-state index contributed by atoms with van der Waals surface area (Å²) in [6.07, 6.45) is 67.7. The van der Waals surface area contributed by atoms with Crippen molar-refractivity contribution in [3.05, 3.63) is 12.2 Å². The highest BCUT2D eigenvalue weighted by atomic mass is 31.2. The second kappa shape index (κ2) is 58.0. The first kappa shape index (κ1) is 75.8. The van der Waals surface area contributed by atoms with Crippen LogP contribution in [-0.4, -0.2) is 69.4 Å². The van der Waals surface area contributed by atoms with Crippen LogP contribution in [0.15, 0.2) is 12.2 Å². The molecule has 0 aromatic carbocycles. The summed E-state index contributed by atoms with van der Waals surface area (Å²) in [5.74, 6) is -0.517. The molecule has 0 radical (unpaired) electrons. The lowest BCUT2D eigenvalue weighted by Crippen LogP contribution is -2.47. The van der Waals surface area contributed by atoms with Gasteiger partial charge in [0.1, 0.15) is 19.3 Å². The van der Waals surface area contributed by atoms with Gasteiger partial charge in [-0.25, -0.2) is 0 Å². The molecule has 10 heteroatoms. The maximum Gasteiger partial charge on any atom is 0.306 e. The molecular weight excluding hydrogens is 976 g/mol. The van der Waals surface area contributed by atoms with Crippen LogP contribution in [0.2, 0.25) is 0 Å². The average molecular weight is 1110 g/mol. The highest BCUT2D eigenvalue weighted by Crippen LogP contribution is 2.38. The SMILES string of the molecule is CCCCCCCCCCC/C=C\C(OC(=O)CCCCCCCCCCCCCCCCCCCCCCCCCCC)C(COP(=O)([O-])OCC[N+](C)(C)C)NC(=O)CCCCCCCCCCCCCCCCC. The molecule has 0 aliphatic rings. The van der Waals surface area contributed by atoms with Gasteiger partial charge in [-0.3, -0.25) is 14.2 Å². The van der Waals surface area contributed by atoms with Crippen molar-refractivity contribution in [1.82, 2.24) is 5.32 Å². The Labute approximate surface area is 480 Å². The number of carbonyl (C=O) groups excluding carboxylic acids is 2. The zero-order valence-corrected chi connectivity index (χ0v) is 53.3. The number of rotatable bonds is 63. The molecule has 0 rings (SSSR count). The molecule has 0 saturated heterocycles. The molecule has 9 nitrogen and oxygen atoms in total. The minimum Gasteiger partial charge on any atom is -0.756 e.